The van der Waals surface area contributed by atoms with E-state index in [2.05, 4.69) is 11.9 Å². The zero-order valence-electron chi connectivity index (χ0n) is 23.1. The molecular weight excluding hydrogens is 513 g/mol. The summed E-state index contributed by atoms with van der Waals surface area (Å²) in [6, 6.07) is 9.07. The van der Waals surface area contributed by atoms with E-state index in [4.69, 9.17) is 14.2 Å². The van der Waals surface area contributed by atoms with E-state index >= 15 is 0 Å². The summed E-state index contributed by atoms with van der Waals surface area (Å²) in [7, 11) is 0. The molecule has 1 aliphatic heterocycles. The van der Waals surface area contributed by atoms with E-state index in [-0.39, 0.29) is 38.2 Å². The molecule has 1 N–H and O–H groups in total. The van der Waals surface area contributed by atoms with Gasteiger partial charge in [-0.3, -0.25) is 4.79 Å². The van der Waals surface area contributed by atoms with Gasteiger partial charge in [0.2, 0.25) is 0 Å². The minimum absolute atomic E-state index is 0.0363. The molecule has 0 radical (unpaired) electrons. The lowest BCUT2D eigenvalue weighted by atomic mass is 9.78. The van der Waals surface area contributed by atoms with Crippen molar-refractivity contribution in [2.45, 2.75) is 108 Å². The van der Waals surface area contributed by atoms with E-state index in [1.54, 1.807) is 20.8 Å². The number of halogens is 3. The van der Waals surface area contributed by atoms with Gasteiger partial charge in [-0.05, 0) is 71.3 Å². The number of ether oxygens (including phenoxy) is 3. The second-order valence-corrected chi connectivity index (χ2v) is 11.4. The largest absolute Gasteiger partial charge is 0.471 e. The van der Waals surface area contributed by atoms with Gasteiger partial charge in [0.1, 0.15) is 5.60 Å². The molecule has 0 bridgehead atoms. The van der Waals surface area contributed by atoms with Gasteiger partial charge in [-0.1, -0.05) is 36.4 Å². The van der Waals surface area contributed by atoms with Crippen LogP contribution in [-0.2, 0) is 25.6 Å². The van der Waals surface area contributed by atoms with E-state index in [9.17, 15) is 22.8 Å². The number of benzene rings is 1. The van der Waals surface area contributed by atoms with E-state index < -0.39 is 35.4 Å². The quantitative estimate of drug-likeness (QED) is 0.383. The maximum Gasteiger partial charge on any atom is 0.471 e. The van der Waals surface area contributed by atoms with Gasteiger partial charge in [-0.25, -0.2) is 4.79 Å². The summed E-state index contributed by atoms with van der Waals surface area (Å²) in [6.07, 6.45) is -0.563. The minimum Gasteiger partial charge on any atom is -0.444 e. The van der Waals surface area contributed by atoms with Crippen molar-refractivity contribution in [2.24, 2.45) is 0 Å². The summed E-state index contributed by atoms with van der Waals surface area (Å²) in [5, 5.41) is 2.21. The van der Waals surface area contributed by atoms with Gasteiger partial charge < -0.3 is 24.4 Å². The number of hydrogen-bond donors (Lipinski definition) is 1. The molecule has 2 unspecified atom stereocenters. The van der Waals surface area contributed by atoms with Crippen LogP contribution in [0.3, 0.4) is 0 Å². The van der Waals surface area contributed by atoms with Crippen LogP contribution in [0, 0.1) is 0 Å². The van der Waals surface area contributed by atoms with Crippen molar-refractivity contribution in [1.82, 2.24) is 10.2 Å². The highest BCUT2D eigenvalue weighted by molar-refractivity contribution is 5.82. The Morgan fingerprint density at radius 1 is 1.08 bits per heavy atom. The molecule has 1 saturated heterocycles. The minimum atomic E-state index is -5.06. The van der Waals surface area contributed by atoms with Gasteiger partial charge in [0.15, 0.2) is 0 Å². The lowest BCUT2D eigenvalue weighted by Crippen LogP contribution is -2.69. The summed E-state index contributed by atoms with van der Waals surface area (Å²) in [5.74, 6) is -2.04. The van der Waals surface area contributed by atoms with Crippen molar-refractivity contribution in [3.63, 3.8) is 0 Å². The fourth-order valence-corrected chi connectivity index (χ4v) is 5.34. The predicted octanol–water partition coefficient (Wildman–Crippen LogP) is 5.92. The number of rotatable bonds is 9. The first kappa shape index (κ1) is 30.9. The Kier molecular flexibility index (Phi) is 10.5. The van der Waals surface area contributed by atoms with Crippen LogP contribution in [0.1, 0.15) is 71.3 Å². The average molecular weight is 555 g/mol. The lowest BCUT2D eigenvalue weighted by Gasteiger charge is -2.50. The first-order valence-electron chi connectivity index (χ1n) is 13.6. The van der Waals surface area contributed by atoms with E-state index in [0.29, 0.717) is 13.0 Å². The molecule has 39 heavy (non-hydrogen) atoms. The summed E-state index contributed by atoms with van der Waals surface area (Å²) in [5.41, 5.74) is -1.08. The number of piperidine rings is 1. The van der Waals surface area contributed by atoms with Gasteiger partial charge >= 0.3 is 18.2 Å². The van der Waals surface area contributed by atoms with Gasteiger partial charge in [0, 0.05) is 6.54 Å². The van der Waals surface area contributed by atoms with E-state index in [1.807, 2.05) is 30.3 Å². The molecule has 7 nitrogen and oxygen atoms in total. The molecular formula is C29H41F3N2O5. The number of carbonyl (C=O) groups excluding carboxylic acids is 2. The Balaban J connectivity index is 1.70. The molecule has 2 fully saturated rings. The van der Waals surface area contributed by atoms with Crippen LogP contribution >= 0.6 is 0 Å². The number of hydrogen-bond acceptors (Lipinski definition) is 5. The summed E-state index contributed by atoms with van der Waals surface area (Å²) >= 11 is 0. The SMILES string of the molecule is C=CCC1(NC(=O)C(F)(F)F)CCCN(C(=O)OC(C)(C)C)C1COC1CCC(OCc2ccccc2)CC1. The second-order valence-electron chi connectivity index (χ2n) is 11.4. The van der Waals surface area contributed by atoms with Crippen LogP contribution in [0.25, 0.3) is 0 Å². The third-order valence-corrected chi connectivity index (χ3v) is 7.23. The van der Waals surface area contributed by atoms with Crippen LogP contribution in [0.2, 0.25) is 0 Å². The number of nitrogens with one attached hydrogen (secondary N) is 1. The highest BCUT2D eigenvalue weighted by Crippen LogP contribution is 2.35. The molecule has 1 heterocycles. The van der Waals surface area contributed by atoms with Crippen LogP contribution in [0.4, 0.5) is 18.0 Å². The topological polar surface area (TPSA) is 77.1 Å². The molecule has 0 aromatic heterocycles. The molecule has 10 heteroatoms. The Morgan fingerprint density at radius 3 is 2.26 bits per heavy atom. The molecule has 1 aromatic rings. The Morgan fingerprint density at radius 2 is 1.69 bits per heavy atom. The molecule has 0 spiro atoms. The molecule has 3 rings (SSSR count). The van der Waals surface area contributed by atoms with E-state index in [0.717, 1.165) is 31.2 Å². The Labute approximate surface area is 229 Å². The van der Waals surface area contributed by atoms with Crippen molar-refractivity contribution in [1.29, 1.82) is 0 Å². The van der Waals surface area contributed by atoms with Crippen molar-refractivity contribution >= 4 is 12.0 Å². The van der Waals surface area contributed by atoms with Crippen LogP contribution in [0.5, 0.6) is 0 Å². The van der Waals surface area contributed by atoms with Gasteiger partial charge in [-0.15, -0.1) is 6.58 Å². The standard InChI is InChI=1S/C29H41F3N2O5/c1-5-16-28(33-25(35)29(30,31)32)17-9-18-34(26(36)39-27(2,3)4)24(28)20-38-23-14-12-22(13-15-23)37-19-21-10-7-6-8-11-21/h5-8,10-11,22-24H,1,9,12-20H2,2-4H3,(H,33,35). The van der Waals surface area contributed by atoms with Crippen LogP contribution in [-0.4, -0.2) is 65.6 Å². The monoisotopic (exact) mass is 554 g/mol. The molecule has 218 valence electrons. The van der Waals surface area contributed by atoms with E-state index in [1.165, 1.54) is 11.0 Å². The van der Waals surface area contributed by atoms with Gasteiger partial charge in [0.25, 0.3) is 0 Å². The normalized spacial score (nSPS) is 26.1. The second kappa shape index (κ2) is 13.2. The maximum atomic E-state index is 13.3. The highest BCUT2D eigenvalue weighted by Gasteiger charge is 2.51. The fourth-order valence-electron chi connectivity index (χ4n) is 5.34. The van der Waals surface area contributed by atoms with Gasteiger partial charge in [0.05, 0.1) is 37.0 Å². The summed E-state index contributed by atoms with van der Waals surface area (Å²) in [6.45, 7) is 9.66. The predicted molar refractivity (Wildman–Crippen MR) is 141 cm³/mol. The third-order valence-electron chi connectivity index (χ3n) is 7.23. The zero-order chi connectivity index (χ0) is 28.7. The highest BCUT2D eigenvalue weighted by atomic mass is 19.4. The van der Waals surface area contributed by atoms with Crippen molar-refractivity contribution < 1.29 is 37.0 Å². The maximum absolute atomic E-state index is 13.3. The molecule has 1 aromatic carbocycles. The van der Waals surface area contributed by atoms with Crippen molar-refractivity contribution in [3.05, 3.63) is 48.6 Å². The van der Waals surface area contributed by atoms with Crippen molar-refractivity contribution in [2.75, 3.05) is 13.2 Å². The van der Waals surface area contributed by atoms with Crippen LogP contribution < -0.4 is 5.32 Å². The number of likely N-dealkylation sites (tertiary alicyclic amines) is 1. The summed E-state index contributed by atoms with van der Waals surface area (Å²) < 4.78 is 57.8. The Hall–Kier alpha value is -2.59. The number of amides is 2. The van der Waals surface area contributed by atoms with Gasteiger partial charge in [-0.2, -0.15) is 13.2 Å². The molecule has 2 atom stereocenters. The molecule has 2 amide bonds. The van der Waals surface area contributed by atoms with Crippen molar-refractivity contribution in [3.8, 4) is 0 Å². The first-order chi connectivity index (χ1) is 18.3. The third kappa shape index (κ3) is 8.96. The number of alkyl halides is 3. The lowest BCUT2D eigenvalue weighted by molar-refractivity contribution is -0.178. The molecule has 1 saturated carbocycles. The number of carbonyl (C=O) groups is 2. The number of nitrogens with zero attached hydrogens (tertiary/aromatic N) is 1. The molecule has 2 aliphatic rings. The Bertz CT molecular complexity index is 958. The smallest absolute Gasteiger partial charge is 0.444 e. The molecule has 1 aliphatic carbocycles. The first-order valence-corrected chi connectivity index (χ1v) is 13.6. The average Bonchev–Trinajstić information content (AvgIpc) is 2.86. The zero-order valence-corrected chi connectivity index (χ0v) is 23.1. The van der Waals surface area contributed by atoms with Crippen LogP contribution in [0.15, 0.2) is 43.0 Å². The fraction of sp³-hybridized carbons (Fsp3) is 0.655. The summed E-state index contributed by atoms with van der Waals surface area (Å²) in [4.78, 5) is 26.7.